The Bertz CT molecular complexity index is 716. The van der Waals surface area contributed by atoms with Crippen molar-refractivity contribution in [3.8, 4) is 5.69 Å². The Morgan fingerprint density at radius 1 is 1.27 bits per heavy atom. The molecule has 0 bridgehead atoms. The van der Waals surface area contributed by atoms with E-state index in [1.54, 1.807) is 12.7 Å². The van der Waals surface area contributed by atoms with Gasteiger partial charge in [-0.2, -0.15) is 5.10 Å². The SMILES string of the molecule is Cc1nccn1-c1ccccc1CN[C@H](C)Cn1cncn1. The maximum absolute atomic E-state index is 4.30. The smallest absolute Gasteiger partial charge is 0.137 e. The highest BCUT2D eigenvalue weighted by Gasteiger charge is 2.08. The van der Waals surface area contributed by atoms with Crippen LogP contribution >= 0.6 is 0 Å². The van der Waals surface area contributed by atoms with Crippen LogP contribution in [0.4, 0.5) is 0 Å². The number of imidazole rings is 1. The summed E-state index contributed by atoms with van der Waals surface area (Å²) in [5.74, 6) is 0.989. The van der Waals surface area contributed by atoms with Crippen molar-refractivity contribution >= 4 is 0 Å². The first-order valence-corrected chi connectivity index (χ1v) is 7.38. The lowest BCUT2D eigenvalue weighted by Gasteiger charge is -2.16. The van der Waals surface area contributed by atoms with Crippen molar-refractivity contribution in [2.45, 2.75) is 33.0 Å². The second-order valence-corrected chi connectivity index (χ2v) is 5.37. The molecule has 0 saturated carbocycles. The minimum absolute atomic E-state index is 0.304. The van der Waals surface area contributed by atoms with E-state index in [0.29, 0.717) is 6.04 Å². The van der Waals surface area contributed by atoms with Gasteiger partial charge in [-0.1, -0.05) is 18.2 Å². The number of nitrogens with zero attached hydrogens (tertiary/aromatic N) is 5. The minimum atomic E-state index is 0.304. The predicted molar refractivity (Wildman–Crippen MR) is 84.6 cm³/mol. The molecule has 1 N–H and O–H groups in total. The summed E-state index contributed by atoms with van der Waals surface area (Å²) in [6, 6.07) is 8.68. The van der Waals surface area contributed by atoms with Crippen LogP contribution in [0.3, 0.4) is 0 Å². The molecule has 0 aliphatic carbocycles. The van der Waals surface area contributed by atoms with Gasteiger partial charge in [0.25, 0.3) is 0 Å². The molecule has 0 radical (unpaired) electrons. The normalized spacial score (nSPS) is 12.5. The molecular formula is C16H20N6. The summed E-state index contributed by atoms with van der Waals surface area (Å²) in [5.41, 5.74) is 2.41. The molecule has 3 aromatic rings. The summed E-state index contributed by atoms with van der Waals surface area (Å²) in [5, 5.41) is 7.67. The molecule has 22 heavy (non-hydrogen) atoms. The van der Waals surface area contributed by atoms with E-state index in [0.717, 1.165) is 24.6 Å². The van der Waals surface area contributed by atoms with Gasteiger partial charge in [-0.05, 0) is 25.5 Å². The fourth-order valence-electron chi connectivity index (χ4n) is 2.48. The molecule has 114 valence electrons. The molecule has 1 atom stereocenters. The molecule has 0 amide bonds. The van der Waals surface area contributed by atoms with Crippen LogP contribution in [0, 0.1) is 6.92 Å². The van der Waals surface area contributed by atoms with Gasteiger partial charge in [0.05, 0.1) is 12.2 Å². The van der Waals surface area contributed by atoms with Crippen LogP contribution in [0.2, 0.25) is 0 Å². The second-order valence-electron chi connectivity index (χ2n) is 5.37. The molecule has 0 fully saturated rings. The van der Waals surface area contributed by atoms with E-state index in [2.05, 4.69) is 56.1 Å². The number of hydrogen-bond acceptors (Lipinski definition) is 4. The van der Waals surface area contributed by atoms with Crippen LogP contribution < -0.4 is 5.32 Å². The van der Waals surface area contributed by atoms with Gasteiger partial charge in [0.1, 0.15) is 18.5 Å². The van der Waals surface area contributed by atoms with Crippen LogP contribution in [-0.4, -0.2) is 30.4 Å². The summed E-state index contributed by atoms with van der Waals surface area (Å²) in [4.78, 5) is 8.27. The quantitative estimate of drug-likeness (QED) is 0.755. The molecular weight excluding hydrogens is 276 g/mol. The Hall–Kier alpha value is -2.47. The van der Waals surface area contributed by atoms with Crippen molar-refractivity contribution in [2.24, 2.45) is 0 Å². The van der Waals surface area contributed by atoms with Gasteiger partial charge in [0.15, 0.2) is 0 Å². The fraction of sp³-hybridized carbons (Fsp3) is 0.312. The van der Waals surface area contributed by atoms with E-state index in [4.69, 9.17) is 0 Å². The zero-order valence-corrected chi connectivity index (χ0v) is 12.8. The highest BCUT2D eigenvalue weighted by molar-refractivity contribution is 5.41. The molecule has 0 unspecified atom stereocenters. The third-order valence-corrected chi connectivity index (χ3v) is 3.65. The van der Waals surface area contributed by atoms with Crippen molar-refractivity contribution < 1.29 is 0 Å². The maximum Gasteiger partial charge on any atom is 0.137 e. The topological polar surface area (TPSA) is 60.6 Å². The number of aryl methyl sites for hydroxylation is 1. The third-order valence-electron chi connectivity index (χ3n) is 3.65. The van der Waals surface area contributed by atoms with E-state index < -0.39 is 0 Å². The Morgan fingerprint density at radius 2 is 2.14 bits per heavy atom. The second kappa shape index (κ2) is 6.53. The highest BCUT2D eigenvalue weighted by atomic mass is 15.3. The molecule has 2 heterocycles. The average molecular weight is 296 g/mol. The molecule has 0 aliphatic rings. The summed E-state index contributed by atoms with van der Waals surface area (Å²) in [6.07, 6.45) is 7.12. The molecule has 1 aromatic carbocycles. The van der Waals surface area contributed by atoms with Crippen LogP contribution in [0.5, 0.6) is 0 Å². The van der Waals surface area contributed by atoms with Crippen LogP contribution in [0.1, 0.15) is 18.3 Å². The fourth-order valence-corrected chi connectivity index (χ4v) is 2.48. The van der Waals surface area contributed by atoms with E-state index in [1.165, 1.54) is 5.56 Å². The Kier molecular flexibility index (Phi) is 4.29. The molecule has 6 heteroatoms. The first-order chi connectivity index (χ1) is 10.7. The van der Waals surface area contributed by atoms with Gasteiger partial charge in [0, 0.05) is 25.0 Å². The number of benzene rings is 1. The van der Waals surface area contributed by atoms with Crippen LogP contribution in [-0.2, 0) is 13.1 Å². The van der Waals surface area contributed by atoms with Gasteiger partial charge >= 0.3 is 0 Å². The van der Waals surface area contributed by atoms with Gasteiger partial charge in [-0.15, -0.1) is 0 Å². The minimum Gasteiger partial charge on any atom is -0.308 e. The lowest BCUT2D eigenvalue weighted by molar-refractivity contribution is 0.450. The van der Waals surface area contributed by atoms with E-state index >= 15 is 0 Å². The van der Waals surface area contributed by atoms with Crippen molar-refractivity contribution in [3.63, 3.8) is 0 Å². The highest BCUT2D eigenvalue weighted by Crippen LogP contribution is 2.16. The molecule has 0 aliphatic heterocycles. The summed E-state index contributed by atoms with van der Waals surface area (Å²) in [7, 11) is 0. The monoisotopic (exact) mass is 296 g/mol. The van der Waals surface area contributed by atoms with Crippen molar-refractivity contribution in [2.75, 3.05) is 0 Å². The van der Waals surface area contributed by atoms with Gasteiger partial charge in [-0.25, -0.2) is 9.97 Å². The molecule has 0 spiro atoms. The van der Waals surface area contributed by atoms with Crippen molar-refractivity contribution in [3.05, 3.63) is 60.7 Å². The lowest BCUT2D eigenvalue weighted by atomic mass is 10.1. The number of nitrogens with one attached hydrogen (secondary N) is 1. The number of rotatable bonds is 6. The van der Waals surface area contributed by atoms with E-state index in [-0.39, 0.29) is 0 Å². The summed E-state index contributed by atoms with van der Waals surface area (Å²) < 4.78 is 3.95. The Morgan fingerprint density at radius 3 is 2.86 bits per heavy atom. The first-order valence-electron chi connectivity index (χ1n) is 7.38. The predicted octanol–water partition coefficient (Wildman–Crippen LogP) is 1.95. The van der Waals surface area contributed by atoms with E-state index in [1.807, 2.05) is 24.0 Å². The first kappa shape index (κ1) is 14.5. The molecule has 3 rings (SSSR count). The van der Waals surface area contributed by atoms with Gasteiger partial charge < -0.3 is 9.88 Å². The zero-order chi connectivity index (χ0) is 15.4. The number of hydrogen-bond donors (Lipinski definition) is 1. The largest absolute Gasteiger partial charge is 0.308 e. The zero-order valence-electron chi connectivity index (χ0n) is 12.8. The van der Waals surface area contributed by atoms with Gasteiger partial charge in [0.2, 0.25) is 0 Å². The average Bonchev–Trinajstić information content (AvgIpc) is 3.17. The van der Waals surface area contributed by atoms with Crippen molar-refractivity contribution in [1.29, 1.82) is 0 Å². The molecule has 2 aromatic heterocycles. The van der Waals surface area contributed by atoms with Crippen molar-refractivity contribution in [1.82, 2.24) is 29.6 Å². The third kappa shape index (κ3) is 3.23. The Labute approximate surface area is 129 Å². The standard InChI is InChI=1S/C16H20N6/c1-13(10-21-12-17-11-20-21)19-9-15-5-3-4-6-16(15)22-8-7-18-14(22)2/h3-8,11-13,19H,9-10H2,1-2H3/t13-/m1/s1. The maximum atomic E-state index is 4.30. The van der Waals surface area contributed by atoms with E-state index in [9.17, 15) is 0 Å². The van der Waals surface area contributed by atoms with Crippen LogP contribution in [0.25, 0.3) is 5.69 Å². The molecule has 6 nitrogen and oxygen atoms in total. The number of para-hydroxylation sites is 1. The summed E-state index contributed by atoms with van der Waals surface area (Å²) >= 11 is 0. The number of aromatic nitrogens is 5. The Balaban J connectivity index is 1.69. The molecule has 0 saturated heterocycles. The van der Waals surface area contributed by atoms with Gasteiger partial charge in [-0.3, -0.25) is 4.68 Å². The van der Waals surface area contributed by atoms with Crippen LogP contribution in [0.15, 0.2) is 49.3 Å². The lowest BCUT2D eigenvalue weighted by Crippen LogP contribution is -2.30. The summed E-state index contributed by atoms with van der Waals surface area (Å²) in [6.45, 7) is 5.75.